The van der Waals surface area contributed by atoms with Gasteiger partial charge in [0.2, 0.25) is 0 Å². The van der Waals surface area contributed by atoms with Crippen molar-refractivity contribution < 1.29 is 9.31 Å². The minimum Gasteiger partial charge on any atom is -0.407 e. The first kappa shape index (κ1) is 20.1. The van der Waals surface area contributed by atoms with Crippen LogP contribution in [0.1, 0.15) is 64.4 Å². The molecule has 5 heteroatoms. The van der Waals surface area contributed by atoms with Crippen molar-refractivity contribution in [3.05, 3.63) is 27.7 Å². The zero-order valence-corrected chi connectivity index (χ0v) is 16.5. The lowest BCUT2D eigenvalue weighted by Gasteiger charge is -2.28. The number of benzene rings is 1. The lowest BCUT2D eigenvalue weighted by molar-refractivity contribution is 0.0811. The van der Waals surface area contributed by atoms with Gasteiger partial charge in [0.05, 0.1) is 0 Å². The largest absolute Gasteiger partial charge is 0.496 e. The third kappa shape index (κ3) is 5.95. The maximum Gasteiger partial charge on any atom is 0.496 e. The van der Waals surface area contributed by atoms with Crippen molar-refractivity contribution in [2.75, 3.05) is 13.2 Å². The average molecular weight is 371 g/mol. The molecule has 0 aliphatic carbocycles. The molecule has 0 radical (unpaired) electrons. The van der Waals surface area contributed by atoms with Crippen molar-refractivity contribution in [2.24, 2.45) is 5.92 Å². The van der Waals surface area contributed by atoms with Gasteiger partial charge in [-0.2, -0.15) is 0 Å². The van der Waals surface area contributed by atoms with E-state index in [2.05, 4.69) is 13.8 Å². The third-order valence-electron chi connectivity index (χ3n) is 4.63. The maximum absolute atomic E-state index is 6.48. The average Bonchev–Trinajstić information content (AvgIpc) is 2.56. The third-order valence-corrected chi connectivity index (χ3v) is 5.25. The molecule has 0 aromatic heterocycles. The summed E-state index contributed by atoms with van der Waals surface area (Å²) in [5, 5.41) is 1.31. The van der Waals surface area contributed by atoms with E-state index in [1.807, 2.05) is 12.1 Å². The Labute approximate surface area is 157 Å². The van der Waals surface area contributed by atoms with Crippen LogP contribution in [0.5, 0.6) is 0 Å². The molecule has 1 aliphatic rings. The van der Waals surface area contributed by atoms with E-state index < -0.39 is 7.12 Å². The summed E-state index contributed by atoms with van der Waals surface area (Å²) in [4.78, 5) is 0. The van der Waals surface area contributed by atoms with Crippen LogP contribution in [0, 0.1) is 5.92 Å². The van der Waals surface area contributed by atoms with Crippen LogP contribution < -0.4 is 5.46 Å². The first-order valence-electron chi connectivity index (χ1n) is 9.36. The molecule has 134 valence electrons. The second-order valence-corrected chi connectivity index (χ2v) is 7.61. The highest BCUT2D eigenvalue weighted by atomic mass is 35.5. The van der Waals surface area contributed by atoms with Gasteiger partial charge in [-0.1, -0.05) is 69.2 Å². The maximum atomic E-state index is 6.48. The Morgan fingerprint density at radius 3 is 2.12 bits per heavy atom. The van der Waals surface area contributed by atoms with E-state index in [0.717, 1.165) is 25.1 Å². The van der Waals surface area contributed by atoms with Crippen LogP contribution in [0.2, 0.25) is 10.0 Å². The minimum atomic E-state index is -0.433. The Hall–Kier alpha value is -0.215. The minimum absolute atomic E-state index is 0.433. The smallest absolute Gasteiger partial charge is 0.407 e. The molecular weight excluding hydrogens is 342 g/mol. The van der Waals surface area contributed by atoms with Gasteiger partial charge < -0.3 is 9.31 Å². The van der Waals surface area contributed by atoms with Gasteiger partial charge in [-0.05, 0) is 37.0 Å². The SMILES string of the molecule is CCCCCc1cc(Cl)c(B2OCC(CCCCC)CO2)c(Cl)c1. The van der Waals surface area contributed by atoms with Gasteiger partial charge in [0, 0.05) is 34.6 Å². The van der Waals surface area contributed by atoms with Gasteiger partial charge in [-0.3, -0.25) is 0 Å². The molecule has 0 saturated carbocycles. The summed E-state index contributed by atoms with van der Waals surface area (Å²) in [5.74, 6) is 0.485. The van der Waals surface area contributed by atoms with E-state index in [4.69, 9.17) is 32.5 Å². The summed E-state index contributed by atoms with van der Waals surface area (Å²) in [5.41, 5.74) is 1.97. The monoisotopic (exact) mass is 370 g/mol. The fourth-order valence-electron chi connectivity index (χ4n) is 3.14. The Morgan fingerprint density at radius 1 is 0.958 bits per heavy atom. The van der Waals surface area contributed by atoms with Gasteiger partial charge in [-0.25, -0.2) is 0 Å². The summed E-state index contributed by atoms with van der Waals surface area (Å²) in [7, 11) is -0.433. The van der Waals surface area contributed by atoms with Gasteiger partial charge in [0.25, 0.3) is 0 Å². The standard InChI is InChI=1S/C19H29BCl2O2/c1-3-5-7-9-15-11-17(21)19(18(22)12-15)20-23-13-16(14-24-20)10-8-6-4-2/h11-12,16H,3-10,13-14H2,1-2H3. The summed E-state index contributed by atoms with van der Waals surface area (Å²) < 4.78 is 11.8. The Balaban J connectivity index is 1.92. The van der Waals surface area contributed by atoms with E-state index in [0.29, 0.717) is 16.0 Å². The van der Waals surface area contributed by atoms with E-state index >= 15 is 0 Å². The van der Waals surface area contributed by atoms with Gasteiger partial charge >= 0.3 is 7.12 Å². The molecule has 0 N–H and O–H groups in total. The van der Waals surface area contributed by atoms with Crippen LogP contribution in [-0.2, 0) is 15.7 Å². The second kappa shape index (κ2) is 10.7. The van der Waals surface area contributed by atoms with E-state index in [9.17, 15) is 0 Å². The van der Waals surface area contributed by atoms with Crippen molar-refractivity contribution >= 4 is 35.8 Å². The van der Waals surface area contributed by atoms with Gasteiger partial charge in [0.15, 0.2) is 0 Å². The number of hydrogen-bond acceptors (Lipinski definition) is 2. The lowest BCUT2D eigenvalue weighted by atomic mass is 9.76. The number of halogens is 2. The highest BCUT2D eigenvalue weighted by Gasteiger charge is 2.32. The molecular formula is C19H29BCl2O2. The van der Waals surface area contributed by atoms with Gasteiger partial charge in [-0.15, -0.1) is 0 Å². The molecule has 0 bridgehead atoms. The van der Waals surface area contributed by atoms with E-state index in [1.165, 1.54) is 50.5 Å². The highest BCUT2D eigenvalue weighted by Crippen LogP contribution is 2.23. The van der Waals surface area contributed by atoms with Crippen molar-refractivity contribution in [2.45, 2.75) is 65.2 Å². The number of unbranched alkanes of at least 4 members (excludes halogenated alkanes) is 4. The van der Waals surface area contributed by atoms with Crippen LogP contribution >= 0.6 is 23.2 Å². The van der Waals surface area contributed by atoms with Crippen LogP contribution in [0.3, 0.4) is 0 Å². The number of hydrogen-bond donors (Lipinski definition) is 0. The van der Waals surface area contributed by atoms with Crippen molar-refractivity contribution in [1.82, 2.24) is 0 Å². The van der Waals surface area contributed by atoms with Crippen LogP contribution in [0.4, 0.5) is 0 Å². The van der Waals surface area contributed by atoms with Crippen LogP contribution in [-0.4, -0.2) is 20.3 Å². The quantitative estimate of drug-likeness (QED) is 0.412. The van der Waals surface area contributed by atoms with Crippen molar-refractivity contribution in [3.63, 3.8) is 0 Å². The lowest BCUT2D eigenvalue weighted by Crippen LogP contribution is -2.45. The molecule has 1 aliphatic heterocycles. The topological polar surface area (TPSA) is 18.5 Å². The fraction of sp³-hybridized carbons (Fsp3) is 0.684. The molecule has 1 aromatic carbocycles. The first-order chi connectivity index (χ1) is 11.7. The Morgan fingerprint density at radius 2 is 1.54 bits per heavy atom. The molecule has 2 rings (SSSR count). The number of rotatable bonds is 9. The summed E-state index contributed by atoms with van der Waals surface area (Å²) in [6, 6.07) is 4.02. The van der Waals surface area contributed by atoms with Crippen LogP contribution in [0.25, 0.3) is 0 Å². The van der Waals surface area contributed by atoms with E-state index in [1.54, 1.807) is 0 Å². The van der Waals surface area contributed by atoms with Gasteiger partial charge in [0.1, 0.15) is 0 Å². The molecule has 0 unspecified atom stereocenters. The zero-order chi connectivity index (χ0) is 17.4. The van der Waals surface area contributed by atoms with Crippen LogP contribution in [0.15, 0.2) is 12.1 Å². The van der Waals surface area contributed by atoms with Crippen molar-refractivity contribution in [1.29, 1.82) is 0 Å². The predicted molar refractivity (Wildman–Crippen MR) is 105 cm³/mol. The normalized spacial score (nSPS) is 15.9. The molecule has 1 fully saturated rings. The molecule has 1 aromatic rings. The van der Waals surface area contributed by atoms with Crippen molar-refractivity contribution in [3.8, 4) is 0 Å². The predicted octanol–water partition coefficient (Wildman–Crippen LogP) is 5.66. The first-order valence-corrected chi connectivity index (χ1v) is 10.1. The van der Waals surface area contributed by atoms with E-state index in [-0.39, 0.29) is 0 Å². The summed E-state index contributed by atoms with van der Waals surface area (Å²) in [6.45, 7) is 5.87. The molecule has 0 atom stereocenters. The molecule has 2 nitrogen and oxygen atoms in total. The zero-order valence-electron chi connectivity index (χ0n) is 15.0. The molecule has 1 saturated heterocycles. The molecule has 24 heavy (non-hydrogen) atoms. The highest BCUT2D eigenvalue weighted by molar-refractivity contribution is 6.68. The molecule has 0 spiro atoms. The second-order valence-electron chi connectivity index (χ2n) is 6.79. The Bertz CT molecular complexity index is 479. The Kier molecular flexibility index (Phi) is 8.96. The molecule has 1 heterocycles. The molecule has 0 amide bonds. The summed E-state index contributed by atoms with van der Waals surface area (Å²) >= 11 is 13.0. The number of aryl methyl sites for hydroxylation is 1. The summed E-state index contributed by atoms with van der Waals surface area (Å²) in [6.07, 6.45) is 9.54. The fourth-order valence-corrected chi connectivity index (χ4v) is 3.86.